The van der Waals surface area contributed by atoms with Crippen molar-refractivity contribution in [2.24, 2.45) is 0 Å². The largest absolute Gasteiger partial charge is 0.444 e. The van der Waals surface area contributed by atoms with E-state index < -0.39 is 23.3 Å². The van der Waals surface area contributed by atoms with Gasteiger partial charge >= 0.3 is 6.09 Å². The standard InChI is InChI=1S/C26H37N3O6/c1-17-10-12-27-23(31)22(17)18-6-8-19(9-7-18)34-14-20-26(16-33-15-21(30)28-26)11-5-13-29(20)24(32)35-25(2,3)4/h6,10,12,19-20H,5,7-9,11,13-16H2,1-4H3,(H,27,31)(H,28,30)/t19-,20?,26?/m1/s1. The Morgan fingerprint density at radius 1 is 1.31 bits per heavy atom. The zero-order chi connectivity index (χ0) is 25.2. The van der Waals surface area contributed by atoms with E-state index in [1.54, 1.807) is 11.1 Å². The second-order valence-electron chi connectivity index (χ2n) is 10.8. The molecule has 0 aromatic carbocycles. The molecule has 2 amide bonds. The SMILES string of the molecule is Cc1cc[nH]c(=O)c1C1=CC[C@@H](OCC2N(C(=O)OC(C)(C)C)CCCC23COCC(=O)N3)CC1. The molecule has 3 heterocycles. The minimum Gasteiger partial charge on any atom is -0.444 e. The molecule has 35 heavy (non-hydrogen) atoms. The van der Waals surface area contributed by atoms with E-state index in [1.165, 1.54) is 0 Å². The first kappa shape index (κ1) is 25.4. The molecule has 0 saturated carbocycles. The number of allylic oxidation sites excluding steroid dienone is 1. The van der Waals surface area contributed by atoms with Crippen molar-refractivity contribution in [3.8, 4) is 0 Å². The van der Waals surface area contributed by atoms with Crippen LogP contribution in [0.4, 0.5) is 4.79 Å². The fourth-order valence-electron chi connectivity index (χ4n) is 5.36. The van der Waals surface area contributed by atoms with Gasteiger partial charge in [0.2, 0.25) is 5.91 Å². The zero-order valence-corrected chi connectivity index (χ0v) is 21.1. The molecule has 1 spiro atoms. The van der Waals surface area contributed by atoms with E-state index >= 15 is 0 Å². The third kappa shape index (κ3) is 5.78. The van der Waals surface area contributed by atoms with E-state index in [4.69, 9.17) is 14.2 Å². The van der Waals surface area contributed by atoms with Gasteiger partial charge in [-0.3, -0.25) is 9.59 Å². The van der Waals surface area contributed by atoms with Gasteiger partial charge in [-0.2, -0.15) is 0 Å². The van der Waals surface area contributed by atoms with Crippen LogP contribution in [0.15, 0.2) is 23.1 Å². The monoisotopic (exact) mass is 487 g/mol. The van der Waals surface area contributed by atoms with E-state index in [9.17, 15) is 14.4 Å². The van der Waals surface area contributed by atoms with Crippen LogP contribution < -0.4 is 10.9 Å². The number of rotatable bonds is 4. The number of carbonyl (C=O) groups is 2. The van der Waals surface area contributed by atoms with Crippen LogP contribution in [0.3, 0.4) is 0 Å². The van der Waals surface area contributed by atoms with E-state index in [2.05, 4.69) is 16.4 Å². The molecule has 1 aromatic heterocycles. The quantitative estimate of drug-likeness (QED) is 0.676. The zero-order valence-electron chi connectivity index (χ0n) is 21.1. The summed E-state index contributed by atoms with van der Waals surface area (Å²) in [5.74, 6) is -0.180. The number of carbonyl (C=O) groups excluding carboxylic acids is 2. The molecule has 1 aromatic rings. The summed E-state index contributed by atoms with van der Waals surface area (Å²) in [6, 6.07) is 1.51. The van der Waals surface area contributed by atoms with Gasteiger partial charge in [-0.25, -0.2) is 4.79 Å². The van der Waals surface area contributed by atoms with Crippen LogP contribution in [0.25, 0.3) is 5.57 Å². The molecule has 4 rings (SSSR count). The molecule has 1 aliphatic carbocycles. The van der Waals surface area contributed by atoms with Crippen molar-refractivity contribution in [1.29, 1.82) is 0 Å². The van der Waals surface area contributed by atoms with Crippen molar-refractivity contribution >= 4 is 17.6 Å². The number of aryl methyl sites for hydroxylation is 1. The van der Waals surface area contributed by atoms with E-state index in [1.807, 2.05) is 33.8 Å². The molecule has 2 N–H and O–H groups in total. The lowest BCUT2D eigenvalue weighted by atomic mass is 9.81. The number of ether oxygens (including phenoxy) is 3. The Bertz CT molecular complexity index is 1040. The maximum atomic E-state index is 13.1. The molecular weight excluding hydrogens is 450 g/mol. The van der Waals surface area contributed by atoms with Crippen LogP contribution in [-0.2, 0) is 19.0 Å². The van der Waals surface area contributed by atoms with E-state index in [-0.39, 0.29) is 30.8 Å². The van der Waals surface area contributed by atoms with Crippen molar-refractivity contribution in [3.63, 3.8) is 0 Å². The van der Waals surface area contributed by atoms with Gasteiger partial charge in [-0.05, 0) is 77.0 Å². The maximum absolute atomic E-state index is 13.1. The molecule has 3 atom stereocenters. The first-order chi connectivity index (χ1) is 16.6. The minimum atomic E-state index is -0.700. The van der Waals surface area contributed by atoms with Crippen LogP contribution in [0.5, 0.6) is 0 Å². The molecule has 2 fully saturated rings. The van der Waals surface area contributed by atoms with Gasteiger partial charge in [0.25, 0.3) is 5.56 Å². The Hall–Kier alpha value is -2.65. The van der Waals surface area contributed by atoms with Crippen molar-refractivity contribution < 1.29 is 23.8 Å². The van der Waals surface area contributed by atoms with Gasteiger partial charge in [-0.1, -0.05) is 6.08 Å². The molecule has 2 aliphatic heterocycles. The fraction of sp³-hybridized carbons (Fsp3) is 0.654. The molecule has 0 bridgehead atoms. The van der Waals surface area contributed by atoms with Crippen molar-refractivity contribution in [3.05, 3.63) is 39.8 Å². The minimum absolute atomic E-state index is 0.0238. The summed E-state index contributed by atoms with van der Waals surface area (Å²) in [6.07, 6.45) is 6.93. The Morgan fingerprint density at radius 2 is 2.11 bits per heavy atom. The second kappa shape index (κ2) is 10.1. The summed E-state index contributed by atoms with van der Waals surface area (Å²) < 4.78 is 17.7. The fourth-order valence-corrected chi connectivity index (χ4v) is 5.36. The highest BCUT2D eigenvalue weighted by Crippen LogP contribution is 2.33. The maximum Gasteiger partial charge on any atom is 0.410 e. The summed E-state index contributed by atoms with van der Waals surface area (Å²) >= 11 is 0. The van der Waals surface area contributed by atoms with E-state index in [0.29, 0.717) is 26.0 Å². The predicted octanol–water partition coefficient (Wildman–Crippen LogP) is 2.92. The highest BCUT2D eigenvalue weighted by molar-refractivity contribution is 5.79. The Labute approximate surface area is 206 Å². The average Bonchev–Trinajstić information content (AvgIpc) is 2.78. The van der Waals surface area contributed by atoms with Crippen LogP contribution >= 0.6 is 0 Å². The first-order valence-electron chi connectivity index (χ1n) is 12.5. The summed E-state index contributed by atoms with van der Waals surface area (Å²) in [5.41, 5.74) is 1.36. The number of aromatic amines is 1. The van der Waals surface area contributed by atoms with Crippen molar-refractivity contribution in [1.82, 2.24) is 15.2 Å². The highest BCUT2D eigenvalue weighted by atomic mass is 16.6. The Balaban J connectivity index is 1.49. The van der Waals surface area contributed by atoms with Crippen molar-refractivity contribution in [2.45, 2.75) is 83.1 Å². The molecule has 2 saturated heterocycles. The number of hydrogen-bond acceptors (Lipinski definition) is 6. The number of H-pyrrole nitrogens is 1. The number of hydrogen-bond donors (Lipinski definition) is 2. The lowest BCUT2D eigenvalue weighted by Gasteiger charge is -2.51. The molecule has 2 unspecified atom stereocenters. The van der Waals surface area contributed by atoms with Gasteiger partial charge in [-0.15, -0.1) is 0 Å². The van der Waals surface area contributed by atoms with Crippen molar-refractivity contribution in [2.75, 3.05) is 26.4 Å². The third-order valence-corrected chi connectivity index (χ3v) is 6.99. The molecule has 9 heteroatoms. The van der Waals surface area contributed by atoms with Gasteiger partial charge in [0.1, 0.15) is 12.2 Å². The normalized spacial score (nSPS) is 27.4. The molecular formula is C26H37N3O6. The highest BCUT2D eigenvalue weighted by Gasteiger charge is 2.50. The van der Waals surface area contributed by atoms with Gasteiger partial charge < -0.3 is 29.4 Å². The molecule has 9 nitrogen and oxygen atoms in total. The number of piperidine rings is 1. The molecule has 0 radical (unpaired) electrons. The van der Waals surface area contributed by atoms with E-state index in [0.717, 1.165) is 36.0 Å². The number of likely N-dealkylation sites (tertiary alicyclic amines) is 1. The lowest BCUT2D eigenvalue weighted by Crippen LogP contribution is -2.72. The number of nitrogens with zero attached hydrogens (tertiary/aromatic N) is 1. The van der Waals surface area contributed by atoms with Gasteiger partial charge in [0.05, 0.1) is 30.9 Å². The summed E-state index contributed by atoms with van der Waals surface area (Å²) in [5, 5.41) is 3.11. The molecule has 192 valence electrons. The molecule has 3 aliphatic rings. The number of nitrogens with one attached hydrogen (secondary N) is 2. The number of morpholine rings is 1. The Kier molecular flexibility index (Phi) is 7.38. The van der Waals surface area contributed by atoms with Gasteiger partial charge in [0, 0.05) is 18.3 Å². The second-order valence-corrected chi connectivity index (χ2v) is 10.8. The summed E-state index contributed by atoms with van der Waals surface area (Å²) in [7, 11) is 0. The lowest BCUT2D eigenvalue weighted by molar-refractivity contribution is -0.144. The number of amides is 2. The van der Waals surface area contributed by atoms with Crippen LogP contribution in [0, 0.1) is 6.92 Å². The average molecular weight is 488 g/mol. The van der Waals surface area contributed by atoms with Crippen LogP contribution in [0.2, 0.25) is 0 Å². The van der Waals surface area contributed by atoms with Gasteiger partial charge in [0.15, 0.2) is 0 Å². The van der Waals surface area contributed by atoms with Crippen LogP contribution in [0.1, 0.15) is 64.0 Å². The first-order valence-corrected chi connectivity index (χ1v) is 12.5. The van der Waals surface area contributed by atoms with Crippen LogP contribution in [-0.4, -0.2) is 71.5 Å². The number of aromatic nitrogens is 1. The summed E-state index contributed by atoms with van der Waals surface area (Å²) in [4.78, 5) is 42.2. The smallest absolute Gasteiger partial charge is 0.410 e. The predicted molar refractivity (Wildman–Crippen MR) is 131 cm³/mol. The topological polar surface area (TPSA) is 110 Å². The summed E-state index contributed by atoms with van der Waals surface area (Å²) in [6.45, 7) is 8.62. The third-order valence-electron chi connectivity index (χ3n) is 6.99. The Morgan fingerprint density at radius 3 is 2.77 bits per heavy atom. The number of pyridine rings is 1.